The van der Waals surface area contributed by atoms with Gasteiger partial charge in [0.25, 0.3) is 0 Å². The van der Waals surface area contributed by atoms with Crippen LogP contribution < -0.4 is 10.6 Å². The standard InChI is InChI=1S/C8H11N4/c1-12(2)7-5-3-4-6(11-10)8(7)9/h3-5H,9H2,1-2H3/q+1. The fourth-order valence-corrected chi connectivity index (χ4v) is 1.02. The van der Waals surface area contributed by atoms with Crippen LogP contribution >= 0.6 is 0 Å². The fraction of sp³-hybridized carbons (Fsp3) is 0.250. The molecular weight excluding hydrogens is 152 g/mol. The Morgan fingerprint density at radius 3 is 2.58 bits per heavy atom. The Morgan fingerprint density at radius 2 is 2.08 bits per heavy atom. The summed E-state index contributed by atoms with van der Waals surface area (Å²) in [6.45, 7) is 0. The Morgan fingerprint density at radius 1 is 1.42 bits per heavy atom. The minimum absolute atomic E-state index is 0.404. The minimum atomic E-state index is 0.404. The van der Waals surface area contributed by atoms with Crippen LogP contribution in [-0.2, 0) is 0 Å². The van der Waals surface area contributed by atoms with Crippen molar-refractivity contribution in [1.29, 1.82) is 5.39 Å². The van der Waals surface area contributed by atoms with E-state index in [4.69, 9.17) is 11.1 Å². The van der Waals surface area contributed by atoms with E-state index < -0.39 is 0 Å². The van der Waals surface area contributed by atoms with Crippen LogP contribution in [0, 0.1) is 5.39 Å². The average Bonchev–Trinajstić information content (AvgIpc) is 2.04. The molecule has 0 saturated carbocycles. The zero-order chi connectivity index (χ0) is 9.14. The minimum Gasteiger partial charge on any atom is -0.390 e. The Labute approximate surface area is 71.2 Å². The molecule has 1 rings (SSSR count). The average molecular weight is 163 g/mol. The third kappa shape index (κ3) is 1.30. The number of nitrogen functional groups attached to an aromatic ring is 1. The van der Waals surface area contributed by atoms with Crippen molar-refractivity contribution in [3.63, 3.8) is 0 Å². The molecule has 1 aromatic rings. The van der Waals surface area contributed by atoms with Gasteiger partial charge < -0.3 is 10.6 Å². The van der Waals surface area contributed by atoms with Crippen molar-refractivity contribution in [3.05, 3.63) is 23.2 Å². The lowest BCUT2D eigenvalue weighted by molar-refractivity contribution is 1.13. The highest BCUT2D eigenvalue weighted by Crippen LogP contribution is 2.30. The number of diazo groups is 1. The van der Waals surface area contributed by atoms with E-state index in [1.807, 2.05) is 25.1 Å². The van der Waals surface area contributed by atoms with Crippen LogP contribution in [0.15, 0.2) is 18.2 Å². The summed E-state index contributed by atoms with van der Waals surface area (Å²) in [7, 11) is 3.76. The van der Waals surface area contributed by atoms with E-state index in [2.05, 4.69) is 4.98 Å². The molecule has 0 heterocycles. The molecule has 0 aliphatic carbocycles. The van der Waals surface area contributed by atoms with Gasteiger partial charge in [0.15, 0.2) is 10.7 Å². The monoisotopic (exact) mass is 163 g/mol. The SMILES string of the molecule is CN(C)c1cccc([N+]#N)c1N. The second-order valence-electron chi connectivity index (χ2n) is 2.70. The summed E-state index contributed by atoms with van der Waals surface area (Å²) in [5, 5.41) is 8.55. The Kier molecular flexibility index (Phi) is 2.15. The molecular formula is C8H11N4+. The fourth-order valence-electron chi connectivity index (χ4n) is 1.02. The summed E-state index contributed by atoms with van der Waals surface area (Å²) in [6.07, 6.45) is 0. The quantitative estimate of drug-likeness (QED) is 0.507. The molecule has 0 amide bonds. The molecule has 4 heteroatoms. The molecule has 1 aromatic carbocycles. The van der Waals surface area contributed by atoms with Gasteiger partial charge in [0.2, 0.25) is 5.39 Å². The number of nitrogens with zero attached hydrogens (tertiary/aromatic N) is 3. The number of para-hydroxylation sites is 1. The predicted octanol–water partition coefficient (Wildman–Crippen LogP) is 1.82. The van der Waals surface area contributed by atoms with Gasteiger partial charge >= 0.3 is 5.69 Å². The third-order valence-corrected chi connectivity index (χ3v) is 1.65. The highest BCUT2D eigenvalue weighted by molar-refractivity contribution is 5.80. The van der Waals surface area contributed by atoms with Crippen molar-refractivity contribution >= 4 is 17.1 Å². The number of hydrogen-bond acceptors (Lipinski definition) is 3. The first kappa shape index (κ1) is 8.34. The van der Waals surface area contributed by atoms with Gasteiger partial charge in [-0.05, 0) is 6.07 Å². The lowest BCUT2D eigenvalue weighted by Gasteiger charge is -2.12. The lowest BCUT2D eigenvalue weighted by Crippen LogP contribution is -2.10. The van der Waals surface area contributed by atoms with Crippen LogP contribution in [0.2, 0.25) is 0 Å². The molecule has 0 radical (unpaired) electrons. The first-order chi connectivity index (χ1) is 5.66. The molecule has 0 fully saturated rings. The van der Waals surface area contributed by atoms with Gasteiger partial charge in [-0.1, -0.05) is 6.07 Å². The summed E-state index contributed by atoms with van der Waals surface area (Å²) in [5.41, 5.74) is 7.45. The van der Waals surface area contributed by atoms with E-state index in [-0.39, 0.29) is 0 Å². The number of rotatable bonds is 1. The molecule has 0 saturated heterocycles. The van der Waals surface area contributed by atoms with Gasteiger partial charge in [-0.15, -0.1) is 0 Å². The zero-order valence-corrected chi connectivity index (χ0v) is 7.15. The number of benzene rings is 1. The van der Waals surface area contributed by atoms with E-state index in [0.717, 1.165) is 5.69 Å². The number of hydrogen-bond donors (Lipinski definition) is 1. The van der Waals surface area contributed by atoms with Gasteiger partial charge in [-0.3, -0.25) is 0 Å². The van der Waals surface area contributed by atoms with Crippen LogP contribution in [0.4, 0.5) is 17.1 Å². The van der Waals surface area contributed by atoms with Crippen LogP contribution in [0.5, 0.6) is 0 Å². The van der Waals surface area contributed by atoms with Crippen molar-refractivity contribution < 1.29 is 0 Å². The van der Waals surface area contributed by atoms with Crippen molar-refractivity contribution in [2.75, 3.05) is 24.7 Å². The van der Waals surface area contributed by atoms with Crippen molar-refractivity contribution in [3.8, 4) is 0 Å². The molecule has 12 heavy (non-hydrogen) atoms. The largest absolute Gasteiger partial charge is 0.409 e. The maximum absolute atomic E-state index is 8.55. The summed E-state index contributed by atoms with van der Waals surface area (Å²) in [4.78, 5) is 4.93. The van der Waals surface area contributed by atoms with Gasteiger partial charge in [-0.25, -0.2) is 0 Å². The van der Waals surface area contributed by atoms with Gasteiger partial charge in [0.1, 0.15) is 0 Å². The maximum atomic E-state index is 8.55. The van der Waals surface area contributed by atoms with Gasteiger partial charge in [0, 0.05) is 20.2 Å². The highest BCUT2D eigenvalue weighted by atomic mass is 15.1. The molecule has 0 aliphatic rings. The molecule has 0 aliphatic heterocycles. The lowest BCUT2D eigenvalue weighted by atomic mass is 10.2. The van der Waals surface area contributed by atoms with E-state index in [9.17, 15) is 0 Å². The van der Waals surface area contributed by atoms with Crippen LogP contribution in [0.25, 0.3) is 4.98 Å². The summed E-state index contributed by atoms with van der Waals surface area (Å²) in [5.74, 6) is 0. The van der Waals surface area contributed by atoms with E-state index in [1.54, 1.807) is 12.1 Å². The molecule has 0 atom stereocenters. The smallest absolute Gasteiger partial charge is 0.390 e. The highest BCUT2D eigenvalue weighted by Gasteiger charge is 2.14. The Hall–Kier alpha value is -1.76. The van der Waals surface area contributed by atoms with Crippen LogP contribution in [0.1, 0.15) is 0 Å². The normalized spacial score (nSPS) is 9.08. The predicted molar refractivity (Wildman–Crippen MR) is 49.9 cm³/mol. The molecule has 2 N–H and O–H groups in total. The Bertz CT molecular complexity index is 324. The molecule has 0 bridgehead atoms. The summed E-state index contributed by atoms with van der Waals surface area (Å²) < 4.78 is 0. The molecule has 4 nitrogen and oxygen atoms in total. The van der Waals surface area contributed by atoms with E-state index in [0.29, 0.717) is 11.4 Å². The third-order valence-electron chi connectivity index (χ3n) is 1.65. The van der Waals surface area contributed by atoms with Gasteiger partial charge in [0.05, 0.1) is 5.69 Å². The van der Waals surface area contributed by atoms with Crippen LogP contribution in [0.3, 0.4) is 0 Å². The maximum Gasteiger partial charge on any atom is 0.409 e. The van der Waals surface area contributed by atoms with Crippen molar-refractivity contribution in [2.24, 2.45) is 0 Å². The molecule has 0 unspecified atom stereocenters. The van der Waals surface area contributed by atoms with Crippen molar-refractivity contribution in [2.45, 2.75) is 0 Å². The second kappa shape index (κ2) is 3.09. The summed E-state index contributed by atoms with van der Waals surface area (Å²) >= 11 is 0. The van der Waals surface area contributed by atoms with E-state index in [1.165, 1.54) is 0 Å². The Balaban J connectivity index is 3.25. The van der Waals surface area contributed by atoms with E-state index >= 15 is 0 Å². The number of anilines is 2. The van der Waals surface area contributed by atoms with Gasteiger partial charge in [-0.2, -0.15) is 0 Å². The zero-order valence-electron chi connectivity index (χ0n) is 7.15. The van der Waals surface area contributed by atoms with Crippen LogP contribution in [-0.4, -0.2) is 14.1 Å². The summed E-state index contributed by atoms with van der Waals surface area (Å²) in [6, 6.07) is 5.31. The number of nitrogens with two attached hydrogens (primary N) is 1. The molecule has 62 valence electrons. The topological polar surface area (TPSA) is 57.4 Å². The van der Waals surface area contributed by atoms with Crippen molar-refractivity contribution in [1.82, 2.24) is 0 Å². The molecule has 0 spiro atoms. The first-order valence-electron chi connectivity index (χ1n) is 3.57. The second-order valence-corrected chi connectivity index (χ2v) is 2.70. The molecule has 0 aromatic heterocycles. The first-order valence-corrected chi connectivity index (χ1v) is 3.57.